The third-order valence-corrected chi connectivity index (χ3v) is 4.01. The first-order chi connectivity index (χ1) is 9.65. The molecular formula is C13H11N3O3S. The van der Waals surface area contributed by atoms with Crippen LogP contribution in [0.3, 0.4) is 0 Å². The highest BCUT2D eigenvalue weighted by Gasteiger charge is 2.26. The molecule has 1 aliphatic carbocycles. The van der Waals surface area contributed by atoms with Crippen molar-refractivity contribution in [1.82, 2.24) is 15.3 Å². The number of aliphatic carboxylic acids is 1. The number of thiophene rings is 1. The molecule has 7 heteroatoms. The number of aromatic nitrogens is 2. The average Bonchev–Trinajstić information content (AvgIpc) is 3.05. The van der Waals surface area contributed by atoms with E-state index in [1.165, 1.54) is 17.7 Å². The molecule has 20 heavy (non-hydrogen) atoms. The van der Waals surface area contributed by atoms with Gasteiger partial charge in [-0.15, -0.1) is 11.3 Å². The predicted octanol–water partition coefficient (Wildman–Crippen LogP) is 1.45. The maximum atomic E-state index is 12.2. The van der Waals surface area contributed by atoms with E-state index in [0.29, 0.717) is 17.5 Å². The zero-order valence-electron chi connectivity index (χ0n) is 10.3. The van der Waals surface area contributed by atoms with Crippen LogP contribution in [0.4, 0.5) is 0 Å². The lowest BCUT2D eigenvalue weighted by atomic mass is 10.1. The topological polar surface area (TPSA) is 92.2 Å². The molecule has 2 aromatic rings. The summed E-state index contributed by atoms with van der Waals surface area (Å²) in [4.78, 5) is 31.9. The van der Waals surface area contributed by atoms with Crippen LogP contribution >= 0.6 is 11.3 Å². The molecule has 0 radical (unpaired) electrons. The third-order valence-electron chi connectivity index (χ3n) is 3.19. The van der Waals surface area contributed by atoms with Gasteiger partial charge in [-0.2, -0.15) is 0 Å². The van der Waals surface area contributed by atoms with Crippen molar-refractivity contribution in [2.75, 3.05) is 0 Å². The molecule has 0 saturated heterocycles. The Balaban J connectivity index is 1.76. The molecule has 0 spiro atoms. The molecule has 2 N–H and O–H groups in total. The van der Waals surface area contributed by atoms with E-state index < -0.39 is 11.9 Å². The lowest BCUT2D eigenvalue weighted by Gasteiger charge is -2.11. The van der Waals surface area contributed by atoms with Crippen molar-refractivity contribution >= 4 is 33.4 Å². The van der Waals surface area contributed by atoms with Crippen molar-refractivity contribution in [1.29, 1.82) is 0 Å². The van der Waals surface area contributed by atoms with E-state index in [-0.39, 0.29) is 11.9 Å². The van der Waals surface area contributed by atoms with Gasteiger partial charge in [-0.3, -0.25) is 9.59 Å². The molecule has 1 aliphatic rings. The van der Waals surface area contributed by atoms with Gasteiger partial charge in [0.2, 0.25) is 0 Å². The van der Waals surface area contributed by atoms with Crippen molar-refractivity contribution in [2.45, 2.75) is 12.5 Å². The zero-order valence-corrected chi connectivity index (χ0v) is 11.1. The summed E-state index contributed by atoms with van der Waals surface area (Å²) in [5.41, 5.74) is 0.323. The number of carbonyl (C=O) groups excluding carboxylic acids is 1. The van der Waals surface area contributed by atoms with Crippen LogP contribution in [0.1, 0.15) is 16.9 Å². The molecule has 0 aliphatic heterocycles. The van der Waals surface area contributed by atoms with Crippen LogP contribution in [0.25, 0.3) is 10.2 Å². The average molecular weight is 289 g/mol. The second-order valence-corrected chi connectivity index (χ2v) is 5.40. The fourth-order valence-corrected chi connectivity index (χ4v) is 2.93. The summed E-state index contributed by atoms with van der Waals surface area (Å²) in [6, 6.07) is 1.53. The smallest absolute Gasteiger partial charge is 0.310 e. The van der Waals surface area contributed by atoms with Gasteiger partial charge in [0.25, 0.3) is 5.91 Å². The van der Waals surface area contributed by atoms with E-state index in [1.54, 1.807) is 18.2 Å². The highest BCUT2D eigenvalue weighted by atomic mass is 32.1. The first-order valence-corrected chi connectivity index (χ1v) is 6.93. The summed E-state index contributed by atoms with van der Waals surface area (Å²) in [6.45, 7) is 0. The Morgan fingerprint density at radius 1 is 1.35 bits per heavy atom. The lowest BCUT2D eigenvalue weighted by Crippen LogP contribution is -2.33. The summed E-state index contributed by atoms with van der Waals surface area (Å²) in [6.07, 6.45) is 5.05. The Hall–Kier alpha value is -2.28. The van der Waals surface area contributed by atoms with E-state index in [1.807, 2.05) is 5.38 Å². The predicted molar refractivity (Wildman–Crippen MR) is 73.6 cm³/mol. The minimum atomic E-state index is -0.875. The maximum Gasteiger partial charge on any atom is 0.310 e. The van der Waals surface area contributed by atoms with Gasteiger partial charge in [0, 0.05) is 11.4 Å². The Labute approximate surface area is 118 Å². The molecule has 102 valence electrons. The Kier molecular flexibility index (Phi) is 3.19. The van der Waals surface area contributed by atoms with Crippen LogP contribution in [0.15, 0.2) is 29.9 Å². The third kappa shape index (κ3) is 2.27. The molecule has 0 unspecified atom stereocenters. The Morgan fingerprint density at radius 2 is 2.20 bits per heavy atom. The van der Waals surface area contributed by atoms with Crippen LogP contribution in [0.5, 0.6) is 0 Å². The van der Waals surface area contributed by atoms with E-state index in [2.05, 4.69) is 15.3 Å². The fraction of sp³-hybridized carbons (Fsp3) is 0.231. The normalized spacial score (nSPS) is 21.2. The number of fused-ring (bicyclic) bond motifs is 1. The van der Waals surface area contributed by atoms with Crippen LogP contribution in [-0.4, -0.2) is 33.0 Å². The molecule has 0 bridgehead atoms. The van der Waals surface area contributed by atoms with Crippen molar-refractivity contribution in [3.05, 3.63) is 35.6 Å². The molecule has 0 aromatic carbocycles. The summed E-state index contributed by atoms with van der Waals surface area (Å²) in [5, 5.41) is 14.3. The Morgan fingerprint density at radius 3 is 2.95 bits per heavy atom. The van der Waals surface area contributed by atoms with Crippen LogP contribution in [-0.2, 0) is 4.79 Å². The SMILES string of the molecule is O=C(N[C@H]1C=C[C@@H](C(=O)O)C1)c1ncnc2sccc12. The number of nitrogens with one attached hydrogen (secondary N) is 1. The second kappa shape index (κ2) is 5.01. The number of nitrogens with zero attached hydrogens (tertiary/aromatic N) is 2. The number of hydrogen-bond donors (Lipinski definition) is 2. The number of carboxylic acids is 1. The molecular weight excluding hydrogens is 278 g/mol. The fourth-order valence-electron chi connectivity index (χ4n) is 2.20. The monoisotopic (exact) mass is 289 g/mol. The first-order valence-electron chi connectivity index (χ1n) is 6.05. The molecule has 2 heterocycles. The summed E-state index contributed by atoms with van der Waals surface area (Å²) in [7, 11) is 0. The molecule has 2 atom stereocenters. The summed E-state index contributed by atoms with van der Waals surface area (Å²) < 4.78 is 0. The number of carbonyl (C=O) groups is 2. The highest BCUT2D eigenvalue weighted by Crippen LogP contribution is 2.22. The van der Waals surface area contributed by atoms with Gasteiger partial charge in [-0.1, -0.05) is 12.2 Å². The van der Waals surface area contributed by atoms with Gasteiger partial charge in [-0.25, -0.2) is 9.97 Å². The minimum Gasteiger partial charge on any atom is -0.481 e. The Bertz CT molecular complexity index is 710. The second-order valence-electron chi connectivity index (χ2n) is 4.51. The van der Waals surface area contributed by atoms with Crippen molar-refractivity contribution in [3.8, 4) is 0 Å². The highest BCUT2D eigenvalue weighted by molar-refractivity contribution is 7.16. The zero-order chi connectivity index (χ0) is 14.1. The summed E-state index contributed by atoms with van der Waals surface area (Å²) >= 11 is 1.44. The number of amides is 1. The molecule has 0 fully saturated rings. The van der Waals surface area contributed by atoms with Gasteiger partial charge in [0.05, 0.1) is 5.92 Å². The molecule has 0 saturated carbocycles. The summed E-state index contributed by atoms with van der Waals surface area (Å²) in [5.74, 6) is -1.72. The van der Waals surface area contributed by atoms with E-state index in [9.17, 15) is 9.59 Å². The largest absolute Gasteiger partial charge is 0.481 e. The number of hydrogen-bond acceptors (Lipinski definition) is 5. The van der Waals surface area contributed by atoms with Gasteiger partial charge in [0.15, 0.2) is 0 Å². The van der Waals surface area contributed by atoms with Crippen LogP contribution in [0.2, 0.25) is 0 Å². The van der Waals surface area contributed by atoms with Gasteiger partial charge in [-0.05, 0) is 17.9 Å². The van der Waals surface area contributed by atoms with Gasteiger partial charge >= 0.3 is 5.97 Å². The maximum absolute atomic E-state index is 12.2. The van der Waals surface area contributed by atoms with E-state index >= 15 is 0 Å². The van der Waals surface area contributed by atoms with Crippen molar-refractivity contribution < 1.29 is 14.7 Å². The van der Waals surface area contributed by atoms with Gasteiger partial charge in [0.1, 0.15) is 16.9 Å². The van der Waals surface area contributed by atoms with E-state index in [4.69, 9.17) is 5.11 Å². The molecule has 2 aromatic heterocycles. The minimum absolute atomic E-state index is 0.271. The molecule has 1 amide bonds. The molecule has 3 rings (SSSR count). The van der Waals surface area contributed by atoms with Crippen molar-refractivity contribution in [2.24, 2.45) is 5.92 Å². The van der Waals surface area contributed by atoms with Crippen LogP contribution in [0, 0.1) is 5.92 Å². The van der Waals surface area contributed by atoms with Gasteiger partial charge < -0.3 is 10.4 Å². The van der Waals surface area contributed by atoms with Crippen molar-refractivity contribution in [3.63, 3.8) is 0 Å². The first kappa shape index (κ1) is 12.7. The number of carboxylic acid groups (broad SMARTS) is 1. The quantitative estimate of drug-likeness (QED) is 0.834. The van der Waals surface area contributed by atoms with Crippen LogP contribution < -0.4 is 5.32 Å². The lowest BCUT2D eigenvalue weighted by molar-refractivity contribution is -0.140. The van der Waals surface area contributed by atoms with E-state index in [0.717, 1.165) is 4.83 Å². The standard InChI is InChI=1S/C13H11N3O3S/c17-11(16-8-2-1-7(5-8)13(18)19)10-9-3-4-20-12(9)15-6-14-10/h1-4,6-8H,5H2,(H,16,17)(H,18,19)/t7-,8+/m1/s1. The molecule has 6 nitrogen and oxygen atoms in total. The number of rotatable bonds is 3.